The normalized spacial score (nSPS) is 10.2. The molecule has 1 amide bonds. The number of nitrogens with zero attached hydrogens (tertiary/aromatic N) is 1. The predicted molar refractivity (Wildman–Crippen MR) is 113 cm³/mol. The number of aromatic nitrogens is 1. The van der Waals surface area contributed by atoms with Gasteiger partial charge in [0.2, 0.25) is 0 Å². The molecule has 0 radical (unpaired) electrons. The highest BCUT2D eigenvalue weighted by Gasteiger charge is 2.10. The number of nitrogens with one attached hydrogen (secondary N) is 2. The Morgan fingerprint density at radius 3 is 2.52 bits per heavy atom. The summed E-state index contributed by atoms with van der Waals surface area (Å²) in [6, 6.07) is 18.7. The molecule has 148 valence electrons. The number of hydrogen-bond donors (Lipinski definition) is 2. The van der Waals surface area contributed by atoms with Crippen LogP contribution in [0.3, 0.4) is 0 Å². The van der Waals surface area contributed by atoms with Gasteiger partial charge in [-0.25, -0.2) is 4.79 Å². The third-order valence-electron chi connectivity index (χ3n) is 4.36. The number of hydrogen-bond acceptors (Lipinski definition) is 5. The summed E-state index contributed by atoms with van der Waals surface area (Å²) in [5, 5.41) is 6.08. The maximum atomic E-state index is 12.5. The molecule has 0 aliphatic carbocycles. The van der Waals surface area contributed by atoms with Gasteiger partial charge in [0.1, 0.15) is 0 Å². The summed E-state index contributed by atoms with van der Waals surface area (Å²) < 4.78 is 4.70. The fraction of sp³-hybridized carbons (Fsp3) is 0.174. The van der Waals surface area contributed by atoms with E-state index in [0.29, 0.717) is 16.8 Å². The molecule has 0 saturated carbocycles. The molecule has 29 heavy (non-hydrogen) atoms. The maximum Gasteiger partial charge on any atom is 0.337 e. The van der Waals surface area contributed by atoms with Gasteiger partial charge in [0, 0.05) is 24.6 Å². The number of benzene rings is 2. The van der Waals surface area contributed by atoms with Crippen LogP contribution in [0.5, 0.6) is 0 Å². The summed E-state index contributed by atoms with van der Waals surface area (Å²) >= 11 is 0. The third-order valence-corrected chi connectivity index (χ3v) is 4.36. The van der Waals surface area contributed by atoms with E-state index in [9.17, 15) is 9.59 Å². The van der Waals surface area contributed by atoms with Crippen molar-refractivity contribution >= 4 is 23.3 Å². The topological polar surface area (TPSA) is 80.3 Å². The van der Waals surface area contributed by atoms with Crippen molar-refractivity contribution in [2.75, 3.05) is 24.3 Å². The van der Waals surface area contributed by atoms with E-state index in [4.69, 9.17) is 4.74 Å². The fourth-order valence-electron chi connectivity index (χ4n) is 2.88. The van der Waals surface area contributed by atoms with Crippen LogP contribution < -0.4 is 10.6 Å². The zero-order valence-corrected chi connectivity index (χ0v) is 16.2. The van der Waals surface area contributed by atoms with Crippen molar-refractivity contribution in [1.29, 1.82) is 0 Å². The molecule has 2 aromatic carbocycles. The van der Waals surface area contributed by atoms with Gasteiger partial charge < -0.3 is 15.4 Å². The molecule has 1 aromatic heterocycles. The molecular weight excluding hydrogens is 366 g/mol. The lowest BCUT2D eigenvalue weighted by Crippen LogP contribution is -2.13. The number of aryl methyl sites for hydroxylation is 1. The van der Waals surface area contributed by atoms with E-state index in [0.717, 1.165) is 25.1 Å². The smallest absolute Gasteiger partial charge is 0.337 e. The summed E-state index contributed by atoms with van der Waals surface area (Å²) in [4.78, 5) is 28.3. The summed E-state index contributed by atoms with van der Waals surface area (Å²) in [7, 11) is 1.32. The van der Waals surface area contributed by atoms with Crippen molar-refractivity contribution in [3.05, 3.63) is 89.7 Å². The molecule has 0 aliphatic heterocycles. The largest absolute Gasteiger partial charge is 0.465 e. The maximum absolute atomic E-state index is 12.5. The molecule has 2 N–H and O–H groups in total. The minimum Gasteiger partial charge on any atom is -0.465 e. The van der Waals surface area contributed by atoms with Crippen molar-refractivity contribution in [2.24, 2.45) is 0 Å². The van der Waals surface area contributed by atoms with Crippen LogP contribution in [0.4, 0.5) is 11.4 Å². The number of rotatable bonds is 8. The van der Waals surface area contributed by atoms with E-state index >= 15 is 0 Å². The second-order valence-corrected chi connectivity index (χ2v) is 6.50. The standard InChI is InChI=1S/C23H23N3O3/c1-29-23(28)18-10-5-11-20(13-18)26-22(27)19-14-21(16-24-15-19)25-12-6-9-17-7-3-2-4-8-17/h2-5,7-8,10-11,13-16,25H,6,9,12H2,1H3,(H,26,27). The third kappa shape index (κ3) is 5.90. The van der Waals surface area contributed by atoms with E-state index in [1.165, 1.54) is 18.9 Å². The summed E-state index contributed by atoms with van der Waals surface area (Å²) in [6.07, 6.45) is 5.16. The zero-order valence-electron chi connectivity index (χ0n) is 16.2. The number of esters is 1. The van der Waals surface area contributed by atoms with Crippen LogP contribution in [-0.2, 0) is 11.2 Å². The van der Waals surface area contributed by atoms with Gasteiger partial charge in [0.15, 0.2) is 0 Å². The van der Waals surface area contributed by atoms with E-state index in [1.807, 2.05) is 18.2 Å². The Balaban J connectivity index is 1.56. The highest BCUT2D eigenvalue weighted by atomic mass is 16.5. The van der Waals surface area contributed by atoms with Gasteiger partial charge in [-0.3, -0.25) is 9.78 Å². The molecule has 6 nitrogen and oxygen atoms in total. The van der Waals surface area contributed by atoms with Crippen LogP contribution in [0.2, 0.25) is 0 Å². The summed E-state index contributed by atoms with van der Waals surface area (Å²) in [5.74, 6) is -0.753. The number of ether oxygens (including phenoxy) is 1. The van der Waals surface area contributed by atoms with Crippen LogP contribution in [-0.4, -0.2) is 30.5 Å². The van der Waals surface area contributed by atoms with Crippen LogP contribution >= 0.6 is 0 Å². The highest BCUT2D eigenvalue weighted by molar-refractivity contribution is 6.05. The van der Waals surface area contributed by atoms with Gasteiger partial charge in [-0.1, -0.05) is 36.4 Å². The van der Waals surface area contributed by atoms with Crippen molar-refractivity contribution in [1.82, 2.24) is 4.98 Å². The number of amides is 1. The molecule has 1 heterocycles. The average molecular weight is 389 g/mol. The van der Waals surface area contributed by atoms with Gasteiger partial charge in [-0.2, -0.15) is 0 Å². The molecule has 0 unspecified atom stereocenters. The van der Waals surface area contributed by atoms with E-state index in [1.54, 1.807) is 36.5 Å². The number of anilines is 2. The van der Waals surface area contributed by atoms with E-state index < -0.39 is 5.97 Å². The Bertz CT molecular complexity index is 974. The van der Waals surface area contributed by atoms with Crippen LogP contribution in [0.15, 0.2) is 73.1 Å². The Labute approximate surface area is 169 Å². The van der Waals surface area contributed by atoms with Crippen molar-refractivity contribution in [3.63, 3.8) is 0 Å². The molecule has 0 saturated heterocycles. The van der Waals surface area contributed by atoms with Crippen molar-refractivity contribution in [3.8, 4) is 0 Å². The van der Waals surface area contributed by atoms with E-state index in [-0.39, 0.29) is 5.91 Å². The Morgan fingerprint density at radius 2 is 1.72 bits per heavy atom. The Morgan fingerprint density at radius 1 is 0.931 bits per heavy atom. The quantitative estimate of drug-likeness (QED) is 0.447. The molecule has 0 fully saturated rings. The first-order valence-corrected chi connectivity index (χ1v) is 9.38. The number of carbonyl (C=O) groups excluding carboxylic acids is 2. The second kappa shape index (κ2) is 10.0. The second-order valence-electron chi connectivity index (χ2n) is 6.50. The first-order valence-electron chi connectivity index (χ1n) is 9.38. The van der Waals surface area contributed by atoms with Gasteiger partial charge in [-0.15, -0.1) is 0 Å². The first-order chi connectivity index (χ1) is 14.2. The Hall–Kier alpha value is -3.67. The number of methoxy groups -OCH3 is 1. The molecule has 0 bridgehead atoms. The van der Waals surface area contributed by atoms with E-state index in [2.05, 4.69) is 27.8 Å². The van der Waals surface area contributed by atoms with Gasteiger partial charge in [0.25, 0.3) is 5.91 Å². The van der Waals surface area contributed by atoms with Gasteiger partial charge in [-0.05, 0) is 42.7 Å². The minimum atomic E-state index is -0.454. The first kappa shape index (κ1) is 20.1. The lowest BCUT2D eigenvalue weighted by Gasteiger charge is -2.09. The van der Waals surface area contributed by atoms with Crippen LogP contribution in [0.25, 0.3) is 0 Å². The lowest BCUT2D eigenvalue weighted by atomic mass is 10.1. The monoisotopic (exact) mass is 389 g/mol. The summed E-state index contributed by atoms with van der Waals surface area (Å²) in [6.45, 7) is 0.781. The molecule has 0 atom stereocenters. The van der Waals surface area contributed by atoms with Crippen LogP contribution in [0, 0.1) is 0 Å². The SMILES string of the molecule is COC(=O)c1cccc(NC(=O)c2cncc(NCCCc3ccccc3)c2)c1. The number of pyridine rings is 1. The minimum absolute atomic E-state index is 0.299. The number of carbonyl (C=O) groups is 2. The average Bonchev–Trinajstić information content (AvgIpc) is 2.77. The van der Waals surface area contributed by atoms with Crippen molar-refractivity contribution < 1.29 is 14.3 Å². The fourth-order valence-corrected chi connectivity index (χ4v) is 2.88. The van der Waals surface area contributed by atoms with Gasteiger partial charge in [0.05, 0.1) is 23.9 Å². The lowest BCUT2D eigenvalue weighted by molar-refractivity contribution is 0.0600. The highest BCUT2D eigenvalue weighted by Crippen LogP contribution is 2.15. The van der Waals surface area contributed by atoms with Gasteiger partial charge >= 0.3 is 5.97 Å². The molecule has 3 aromatic rings. The summed E-state index contributed by atoms with van der Waals surface area (Å²) in [5.41, 5.74) is 3.40. The van der Waals surface area contributed by atoms with Crippen molar-refractivity contribution in [2.45, 2.75) is 12.8 Å². The zero-order chi connectivity index (χ0) is 20.5. The Kier molecular flexibility index (Phi) is 6.95. The van der Waals surface area contributed by atoms with Crippen LogP contribution in [0.1, 0.15) is 32.7 Å². The molecule has 3 rings (SSSR count). The molecule has 0 spiro atoms. The molecule has 0 aliphatic rings. The molecular formula is C23H23N3O3. The predicted octanol–water partition coefficient (Wildman–Crippen LogP) is 4.17. The molecule has 6 heteroatoms.